The minimum Gasteiger partial charge on any atom is -0.319 e. The molecule has 0 saturated heterocycles. The number of hydrogen-bond donors (Lipinski definition) is 2. The summed E-state index contributed by atoms with van der Waals surface area (Å²) in [5.41, 5.74) is 0. The second-order valence-electron chi connectivity index (χ2n) is 2.67. The molecule has 0 saturated carbocycles. The molecule has 14 heavy (non-hydrogen) atoms. The molecule has 2 N–H and O–H groups in total. The molecule has 0 atom stereocenters. The molecule has 0 aliphatic carbocycles. The quantitative estimate of drug-likeness (QED) is 0.563. The van der Waals surface area contributed by atoms with E-state index in [1.165, 1.54) is 6.07 Å². The van der Waals surface area contributed by atoms with E-state index in [1.54, 1.807) is 18.2 Å². The van der Waals surface area contributed by atoms with Gasteiger partial charge in [0.2, 0.25) is 0 Å². The second kappa shape index (κ2) is 3.49. The first-order valence-electron chi connectivity index (χ1n) is 3.88. The Hall–Kier alpha value is -1.85. The van der Waals surface area contributed by atoms with Crippen molar-refractivity contribution in [2.45, 2.75) is 0 Å². The SMILES string of the molecule is OOc1cc2ccccc2c(OO)n1. The summed E-state index contributed by atoms with van der Waals surface area (Å²) in [6, 6.07) is 8.63. The number of benzene rings is 1. The Morgan fingerprint density at radius 1 is 1.07 bits per heavy atom. The Labute approximate surface area is 79.0 Å². The zero-order valence-electron chi connectivity index (χ0n) is 7.04. The number of pyridine rings is 1. The van der Waals surface area contributed by atoms with Crippen LogP contribution in [0.15, 0.2) is 30.3 Å². The van der Waals surface area contributed by atoms with Gasteiger partial charge in [0.1, 0.15) is 0 Å². The van der Waals surface area contributed by atoms with Crippen molar-refractivity contribution in [2.75, 3.05) is 0 Å². The van der Waals surface area contributed by atoms with Gasteiger partial charge in [-0.2, -0.15) is 4.98 Å². The average Bonchev–Trinajstić information content (AvgIpc) is 2.27. The monoisotopic (exact) mass is 193 g/mol. The summed E-state index contributed by atoms with van der Waals surface area (Å²) in [4.78, 5) is 11.7. The molecule has 1 aromatic carbocycles. The van der Waals surface area contributed by atoms with Crippen LogP contribution in [0, 0.1) is 0 Å². The number of hydrogen-bond acceptors (Lipinski definition) is 5. The van der Waals surface area contributed by atoms with Crippen LogP contribution in [0.4, 0.5) is 0 Å². The first-order valence-corrected chi connectivity index (χ1v) is 3.88. The fourth-order valence-corrected chi connectivity index (χ4v) is 1.26. The first kappa shape index (κ1) is 8.74. The van der Waals surface area contributed by atoms with E-state index in [9.17, 15) is 0 Å². The minimum absolute atomic E-state index is 0.00727. The highest BCUT2D eigenvalue weighted by atomic mass is 17.1. The summed E-state index contributed by atoms with van der Waals surface area (Å²) in [5, 5.41) is 18.4. The van der Waals surface area contributed by atoms with Crippen LogP contribution in [0.5, 0.6) is 11.8 Å². The summed E-state index contributed by atoms with van der Waals surface area (Å²) < 4.78 is 0. The molecule has 2 aromatic rings. The van der Waals surface area contributed by atoms with Gasteiger partial charge in [-0.1, -0.05) is 18.2 Å². The van der Waals surface area contributed by atoms with Crippen molar-refractivity contribution in [3.63, 3.8) is 0 Å². The van der Waals surface area contributed by atoms with Crippen LogP contribution in [-0.4, -0.2) is 15.5 Å². The van der Waals surface area contributed by atoms with Crippen LogP contribution in [0.1, 0.15) is 0 Å². The normalized spacial score (nSPS) is 10.1. The lowest BCUT2D eigenvalue weighted by atomic mass is 10.2. The van der Waals surface area contributed by atoms with Crippen molar-refractivity contribution in [1.29, 1.82) is 0 Å². The summed E-state index contributed by atoms with van der Waals surface area (Å²) in [5.74, 6) is -0.0418. The van der Waals surface area contributed by atoms with Crippen LogP contribution >= 0.6 is 0 Å². The third kappa shape index (κ3) is 1.34. The van der Waals surface area contributed by atoms with Gasteiger partial charge in [0.15, 0.2) is 0 Å². The maximum atomic E-state index is 8.56. The molecule has 5 nitrogen and oxygen atoms in total. The van der Waals surface area contributed by atoms with Gasteiger partial charge in [-0.3, -0.25) is 0 Å². The lowest BCUT2D eigenvalue weighted by Crippen LogP contribution is -1.94. The average molecular weight is 193 g/mol. The molecule has 2 rings (SSSR count). The lowest BCUT2D eigenvalue weighted by Gasteiger charge is -2.03. The largest absolute Gasteiger partial charge is 0.319 e. The number of rotatable bonds is 2. The fraction of sp³-hybridized carbons (Fsp3) is 0. The van der Waals surface area contributed by atoms with Crippen molar-refractivity contribution >= 4 is 10.8 Å². The van der Waals surface area contributed by atoms with Crippen LogP contribution in [0.3, 0.4) is 0 Å². The molecule has 5 heteroatoms. The van der Waals surface area contributed by atoms with Gasteiger partial charge in [0, 0.05) is 11.5 Å². The zero-order chi connectivity index (χ0) is 9.97. The van der Waals surface area contributed by atoms with E-state index in [1.807, 2.05) is 6.07 Å². The van der Waals surface area contributed by atoms with E-state index in [0.717, 1.165) is 5.39 Å². The molecule has 72 valence electrons. The van der Waals surface area contributed by atoms with Gasteiger partial charge in [-0.15, -0.1) is 0 Å². The molecule has 0 unspecified atom stereocenters. The molecule has 0 aliphatic rings. The Kier molecular flexibility index (Phi) is 2.18. The molecular formula is C9H7NO4. The zero-order valence-corrected chi connectivity index (χ0v) is 7.04. The lowest BCUT2D eigenvalue weighted by molar-refractivity contribution is -0.151. The highest BCUT2D eigenvalue weighted by Gasteiger charge is 2.07. The van der Waals surface area contributed by atoms with Crippen molar-refractivity contribution in [2.24, 2.45) is 0 Å². The standard InChI is InChI=1S/C9H7NO4/c11-13-8-5-6-3-1-2-4-7(6)9(10-8)14-12/h1-5,11-12H. The summed E-state index contributed by atoms with van der Waals surface area (Å²) in [6.45, 7) is 0. The Morgan fingerprint density at radius 3 is 2.57 bits per heavy atom. The molecule has 0 spiro atoms. The molecule has 1 heterocycles. The number of nitrogens with zero attached hydrogens (tertiary/aromatic N) is 1. The summed E-state index contributed by atoms with van der Waals surface area (Å²) in [7, 11) is 0. The van der Waals surface area contributed by atoms with Crippen LogP contribution < -0.4 is 9.78 Å². The van der Waals surface area contributed by atoms with E-state index in [4.69, 9.17) is 10.5 Å². The second-order valence-corrected chi connectivity index (χ2v) is 2.67. The van der Waals surface area contributed by atoms with E-state index >= 15 is 0 Å². The van der Waals surface area contributed by atoms with Gasteiger partial charge in [-0.25, -0.2) is 10.5 Å². The minimum atomic E-state index is -0.0345. The smallest absolute Gasteiger partial charge is 0.267 e. The molecule has 0 aliphatic heterocycles. The molecular weight excluding hydrogens is 186 g/mol. The van der Waals surface area contributed by atoms with Crippen LogP contribution in [-0.2, 0) is 0 Å². The first-order chi connectivity index (χ1) is 6.85. The van der Waals surface area contributed by atoms with Gasteiger partial charge < -0.3 is 9.78 Å². The molecule has 0 bridgehead atoms. The number of fused-ring (bicyclic) bond motifs is 1. The van der Waals surface area contributed by atoms with E-state index in [2.05, 4.69) is 14.8 Å². The summed E-state index contributed by atoms with van der Waals surface area (Å²) in [6.07, 6.45) is 0. The number of aromatic nitrogens is 1. The molecule has 0 amide bonds. The summed E-state index contributed by atoms with van der Waals surface area (Å²) >= 11 is 0. The third-order valence-corrected chi connectivity index (χ3v) is 1.86. The van der Waals surface area contributed by atoms with Crippen molar-refractivity contribution < 1.29 is 20.3 Å². The van der Waals surface area contributed by atoms with Crippen molar-refractivity contribution in [1.82, 2.24) is 4.98 Å². The van der Waals surface area contributed by atoms with Crippen LogP contribution in [0.2, 0.25) is 0 Å². The maximum Gasteiger partial charge on any atom is 0.267 e. The maximum absolute atomic E-state index is 8.56. The van der Waals surface area contributed by atoms with E-state index in [0.29, 0.717) is 5.39 Å². The Balaban J connectivity index is 2.73. The predicted molar refractivity (Wildman–Crippen MR) is 48.3 cm³/mol. The van der Waals surface area contributed by atoms with E-state index in [-0.39, 0.29) is 11.8 Å². The highest BCUT2D eigenvalue weighted by molar-refractivity contribution is 5.87. The molecule has 0 fully saturated rings. The molecule has 0 radical (unpaired) electrons. The van der Waals surface area contributed by atoms with Gasteiger partial charge in [0.25, 0.3) is 11.8 Å². The van der Waals surface area contributed by atoms with E-state index < -0.39 is 0 Å². The van der Waals surface area contributed by atoms with Gasteiger partial charge >= 0.3 is 0 Å². The van der Waals surface area contributed by atoms with Crippen molar-refractivity contribution in [3.8, 4) is 11.8 Å². The van der Waals surface area contributed by atoms with Gasteiger partial charge in [-0.05, 0) is 11.5 Å². The topological polar surface area (TPSA) is 71.8 Å². The highest BCUT2D eigenvalue weighted by Crippen LogP contribution is 2.26. The fourth-order valence-electron chi connectivity index (χ4n) is 1.26. The Morgan fingerprint density at radius 2 is 1.86 bits per heavy atom. The Bertz CT molecular complexity index is 458. The van der Waals surface area contributed by atoms with Gasteiger partial charge in [0.05, 0.1) is 0 Å². The van der Waals surface area contributed by atoms with Crippen LogP contribution in [0.25, 0.3) is 10.8 Å². The van der Waals surface area contributed by atoms with Crippen molar-refractivity contribution in [3.05, 3.63) is 30.3 Å². The third-order valence-electron chi connectivity index (χ3n) is 1.86. The molecule has 1 aromatic heterocycles. The predicted octanol–water partition coefficient (Wildman–Crippen LogP) is 1.94.